The molecule has 3 N–H and O–H groups in total. The fraction of sp³-hybridized carbons (Fsp3) is 0.333. The number of methoxy groups -OCH3 is 1. The maximum atomic E-state index is 9.57. The number of hydrogen-bond acceptors (Lipinski definition) is 6. The number of hydrogen-bond donors (Lipinski definition) is 2. The minimum Gasteiger partial charge on any atom is -0.497 e. The fourth-order valence-corrected chi connectivity index (χ4v) is 3.05. The van der Waals surface area contributed by atoms with Crippen LogP contribution in [0.4, 0.5) is 11.8 Å². The predicted molar refractivity (Wildman–Crippen MR) is 85.3 cm³/mol. The van der Waals surface area contributed by atoms with Crippen molar-refractivity contribution in [2.24, 2.45) is 0 Å². The van der Waals surface area contributed by atoms with E-state index in [0.717, 1.165) is 16.9 Å². The third-order valence-corrected chi connectivity index (χ3v) is 4.09. The number of nitrogens with two attached hydrogens (primary N) is 1. The van der Waals surface area contributed by atoms with Crippen molar-refractivity contribution in [3.05, 3.63) is 40.5 Å². The van der Waals surface area contributed by atoms with Crippen molar-refractivity contribution < 1.29 is 9.84 Å². The Morgan fingerprint density at radius 3 is 2.73 bits per heavy atom. The number of nitrogens with zero attached hydrogens (tertiary/aromatic N) is 3. The van der Waals surface area contributed by atoms with Gasteiger partial charge in [0.15, 0.2) is 0 Å². The molecule has 0 fully saturated rings. The van der Waals surface area contributed by atoms with Gasteiger partial charge in [-0.15, -0.1) is 0 Å². The Morgan fingerprint density at radius 2 is 2.09 bits per heavy atom. The lowest BCUT2D eigenvalue weighted by atomic mass is 10.1. The van der Waals surface area contributed by atoms with Gasteiger partial charge in [0.25, 0.3) is 0 Å². The van der Waals surface area contributed by atoms with Gasteiger partial charge in [0.2, 0.25) is 5.95 Å². The second kappa shape index (κ2) is 5.98. The van der Waals surface area contributed by atoms with E-state index in [2.05, 4.69) is 14.9 Å². The molecule has 1 aromatic heterocycles. The lowest BCUT2D eigenvalue weighted by Gasteiger charge is -2.19. The highest BCUT2D eigenvalue weighted by Gasteiger charge is 2.33. The Kier molecular flexibility index (Phi) is 4.04. The monoisotopic (exact) mass is 320 g/mol. The topological polar surface area (TPSA) is 84.5 Å². The molecule has 0 amide bonds. The summed E-state index contributed by atoms with van der Waals surface area (Å²) in [5.74, 6) is 1.56. The van der Waals surface area contributed by atoms with Crippen LogP contribution in [0.5, 0.6) is 5.75 Å². The minimum atomic E-state index is -0.0960. The number of nitrogen functional groups attached to an aromatic ring is 1. The Bertz CT molecular complexity index is 678. The molecule has 2 heterocycles. The maximum Gasteiger partial charge on any atom is 0.223 e. The van der Waals surface area contributed by atoms with Crippen molar-refractivity contribution in [3.8, 4) is 5.75 Å². The van der Waals surface area contributed by atoms with Crippen LogP contribution in [-0.2, 0) is 6.54 Å². The van der Waals surface area contributed by atoms with Gasteiger partial charge in [0.05, 0.1) is 13.7 Å². The van der Waals surface area contributed by atoms with Crippen molar-refractivity contribution >= 4 is 23.4 Å². The molecule has 1 aromatic carbocycles. The van der Waals surface area contributed by atoms with E-state index in [1.807, 2.05) is 24.3 Å². The van der Waals surface area contributed by atoms with E-state index in [1.54, 1.807) is 7.11 Å². The van der Waals surface area contributed by atoms with Crippen LogP contribution in [0.2, 0.25) is 5.15 Å². The van der Waals surface area contributed by atoms with Crippen LogP contribution in [0.15, 0.2) is 24.3 Å². The number of fused-ring (bicyclic) bond motifs is 1. The summed E-state index contributed by atoms with van der Waals surface area (Å²) in [7, 11) is 1.64. The minimum absolute atomic E-state index is 0.000882. The van der Waals surface area contributed by atoms with Crippen LogP contribution >= 0.6 is 11.6 Å². The van der Waals surface area contributed by atoms with Crippen molar-refractivity contribution in [2.45, 2.75) is 12.5 Å². The smallest absolute Gasteiger partial charge is 0.223 e. The van der Waals surface area contributed by atoms with E-state index in [9.17, 15) is 5.11 Å². The largest absolute Gasteiger partial charge is 0.497 e. The van der Waals surface area contributed by atoms with E-state index >= 15 is 0 Å². The van der Waals surface area contributed by atoms with Gasteiger partial charge >= 0.3 is 0 Å². The first-order valence-electron chi connectivity index (χ1n) is 6.94. The first-order valence-corrected chi connectivity index (χ1v) is 7.31. The van der Waals surface area contributed by atoms with E-state index in [4.69, 9.17) is 22.1 Å². The Morgan fingerprint density at radius 1 is 1.36 bits per heavy atom. The third kappa shape index (κ3) is 2.67. The Balaban J connectivity index is 1.90. The number of anilines is 2. The number of aromatic nitrogens is 2. The highest BCUT2D eigenvalue weighted by atomic mass is 35.5. The number of ether oxygens (including phenoxy) is 1. The summed E-state index contributed by atoms with van der Waals surface area (Å²) in [6, 6.07) is 7.82. The standard InChI is InChI=1S/C15H17ClN4O2/c1-22-11-4-2-9(3-5-11)6-20-7-10(8-21)12-13(16)18-15(17)19-14(12)20/h2-5,10,21H,6-8H2,1H3,(H2,17,18,19)/t10-/m0/s1. The second-order valence-corrected chi connectivity index (χ2v) is 5.58. The fourth-order valence-electron chi connectivity index (χ4n) is 2.72. The number of rotatable bonds is 4. The summed E-state index contributed by atoms with van der Waals surface area (Å²) in [5, 5.41) is 9.89. The number of benzene rings is 1. The summed E-state index contributed by atoms with van der Waals surface area (Å²) in [4.78, 5) is 10.3. The van der Waals surface area contributed by atoms with Crippen LogP contribution < -0.4 is 15.4 Å². The third-order valence-electron chi connectivity index (χ3n) is 3.80. The summed E-state index contributed by atoms with van der Waals surface area (Å²) < 4.78 is 5.16. The van der Waals surface area contributed by atoms with Gasteiger partial charge in [0.1, 0.15) is 16.7 Å². The van der Waals surface area contributed by atoms with Gasteiger partial charge in [-0.3, -0.25) is 0 Å². The molecule has 1 atom stereocenters. The van der Waals surface area contributed by atoms with Crippen LogP contribution in [-0.4, -0.2) is 35.3 Å². The van der Waals surface area contributed by atoms with Gasteiger partial charge in [0, 0.05) is 24.6 Å². The van der Waals surface area contributed by atoms with Gasteiger partial charge < -0.3 is 20.5 Å². The maximum absolute atomic E-state index is 9.57. The molecule has 22 heavy (non-hydrogen) atoms. The lowest BCUT2D eigenvalue weighted by Crippen LogP contribution is -2.23. The van der Waals surface area contributed by atoms with Gasteiger partial charge in [-0.1, -0.05) is 23.7 Å². The van der Waals surface area contributed by atoms with E-state index in [-0.39, 0.29) is 18.5 Å². The summed E-state index contributed by atoms with van der Waals surface area (Å²) in [6.45, 7) is 1.29. The first kappa shape index (κ1) is 14.9. The van der Waals surface area contributed by atoms with Crippen LogP contribution in [0.25, 0.3) is 0 Å². The average Bonchev–Trinajstić information content (AvgIpc) is 2.86. The Labute approximate surface area is 133 Å². The first-order chi connectivity index (χ1) is 10.6. The molecule has 0 saturated heterocycles. The predicted octanol–water partition coefficient (Wildman–Crippen LogP) is 1.82. The molecule has 0 saturated carbocycles. The number of aliphatic hydroxyl groups excluding tert-OH is 1. The van der Waals surface area contributed by atoms with E-state index < -0.39 is 0 Å². The zero-order valence-electron chi connectivity index (χ0n) is 12.2. The average molecular weight is 321 g/mol. The molecule has 116 valence electrons. The van der Waals surface area contributed by atoms with Crippen LogP contribution in [0, 0.1) is 0 Å². The molecule has 2 aromatic rings. The lowest BCUT2D eigenvalue weighted by molar-refractivity contribution is 0.270. The molecule has 1 aliphatic rings. The molecular weight excluding hydrogens is 304 g/mol. The highest BCUT2D eigenvalue weighted by molar-refractivity contribution is 6.30. The molecule has 7 heteroatoms. The molecule has 3 rings (SSSR count). The van der Waals surface area contributed by atoms with E-state index in [1.165, 1.54) is 0 Å². The molecular formula is C15H17ClN4O2. The quantitative estimate of drug-likeness (QED) is 0.836. The number of aliphatic hydroxyl groups is 1. The van der Waals surface area contributed by atoms with Gasteiger partial charge in [-0.05, 0) is 17.7 Å². The summed E-state index contributed by atoms with van der Waals surface area (Å²) in [6.07, 6.45) is 0. The van der Waals surface area contributed by atoms with Crippen molar-refractivity contribution in [1.29, 1.82) is 0 Å². The van der Waals surface area contributed by atoms with Crippen molar-refractivity contribution in [1.82, 2.24) is 9.97 Å². The molecule has 0 unspecified atom stereocenters. The molecule has 0 spiro atoms. The molecule has 6 nitrogen and oxygen atoms in total. The van der Waals surface area contributed by atoms with Gasteiger partial charge in [-0.25, -0.2) is 4.98 Å². The second-order valence-electron chi connectivity index (χ2n) is 5.22. The SMILES string of the molecule is COc1ccc(CN2C[C@@H](CO)c3c(Cl)nc(N)nc32)cc1. The van der Waals surface area contributed by atoms with Crippen molar-refractivity contribution in [2.75, 3.05) is 30.9 Å². The van der Waals surface area contributed by atoms with Crippen molar-refractivity contribution in [3.63, 3.8) is 0 Å². The highest BCUT2D eigenvalue weighted by Crippen LogP contribution is 2.39. The Hall–Kier alpha value is -2.05. The van der Waals surface area contributed by atoms with E-state index in [0.29, 0.717) is 24.1 Å². The van der Waals surface area contributed by atoms with Crippen LogP contribution in [0.1, 0.15) is 17.0 Å². The zero-order valence-corrected chi connectivity index (χ0v) is 12.9. The van der Waals surface area contributed by atoms with Crippen LogP contribution in [0.3, 0.4) is 0 Å². The molecule has 1 aliphatic heterocycles. The molecule has 0 radical (unpaired) electrons. The molecule has 0 aliphatic carbocycles. The van der Waals surface area contributed by atoms with Gasteiger partial charge in [-0.2, -0.15) is 4.98 Å². The summed E-state index contributed by atoms with van der Waals surface area (Å²) >= 11 is 6.17. The number of halogens is 1. The zero-order chi connectivity index (χ0) is 15.7. The molecule has 0 bridgehead atoms. The summed E-state index contributed by atoms with van der Waals surface area (Å²) in [5.41, 5.74) is 7.58. The normalized spacial score (nSPS) is 16.7.